The zero-order valence-corrected chi connectivity index (χ0v) is 16.6. The molecule has 0 aliphatic carbocycles. The molecule has 1 aromatic rings. The maximum atomic E-state index is 12.3. The number of esters is 1. The average molecular weight is 383 g/mol. The van der Waals surface area contributed by atoms with E-state index in [1.807, 2.05) is 34.6 Å². The van der Waals surface area contributed by atoms with Crippen molar-refractivity contribution in [2.45, 2.75) is 52.6 Å². The SMILES string of the molecule is CC(C)C[C@@H](NC(=O)c1ccc(Cl)cc1)C(=O)OCC(=O)NC(C)(C)C. The predicted molar refractivity (Wildman–Crippen MR) is 101 cm³/mol. The molecule has 144 valence electrons. The van der Waals surface area contributed by atoms with Crippen LogP contribution in [0.4, 0.5) is 0 Å². The van der Waals surface area contributed by atoms with Gasteiger partial charge in [0.05, 0.1) is 0 Å². The second-order valence-corrected chi connectivity index (χ2v) is 8.00. The molecule has 0 fully saturated rings. The Morgan fingerprint density at radius 3 is 2.19 bits per heavy atom. The summed E-state index contributed by atoms with van der Waals surface area (Å²) in [4.78, 5) is 36.5. The molecule has 0 heterocycles. The molecule has 0 aliphatic heterocycles. The van der Waals surface area contributed by atoms with Crippen LogP contribution >= 0.6 is 11.6 Å². The van der Waals surface area contributed by atoms with Crippen LogP contribution in [-0.2, 0) is 14.3 Å². The van der Waals surface area contributed by atoms with Crippen molar-refractivity contribution in [3.05, 3.63) is 34.9 Å². The van der Waals surface area contributed by atoms with Crippen LogP contribution in [0.25, 0.3) is 0 Å². The standard InChI is InChI=1S/C19H27ClN2O4/c1-12(2)10-15(18(25)26-11-16(23)22-19(3,4)5)21-17(24)13-6-8-14(20)9-7-13/h6-9,12,15H,10-11H2,1-5H3,(H,21,24)(H,22,23)/t15-/m1/s1. The van der Waals surface area contributed by atoms with Crippen molar-refractivity contribution in [1.29, 1.82) is 0 Å². The zero-order chi connectivity index (χ0) is 19.9. The van der Waals surface area contributed by atoms with Gasteiger partial charge in [0.25, 0.3) is 11.8 Å². The van der Waals surface area contributed by atoms with Gasteiger partial charge in [-0.2, -0.15) is 0 Å². The Balaban J connectivity index is 2.70. The minimum absolute atomic E-state index is 0.154. The lowest BCUT2D eigenvalue weighted by atomic mass is 10.0. The van der Waals surface area contributed by atoms with Gasteiger partial charge in [-0.05, 0) is 57.4 Å². The predicted octanol–water partition coefficient (Wildman–Crippen LogP) is 2.94. The molecule has 1 atom stereocenters. The summed E-state index contributed by atoms with van der Waals surface area (Å²) < 4.78 is 5.08. The van der Waals surface area contributed by atoms with Crippen LogP contribution in [0.2, 0.25) is 5.02 Å². The number of carbonyl (C=O) groups excluding carboxylic acids is 3. The van der Waals surface area contributed by atoms with E-state index in [9.17, 15) is 14.4 Å². The molecule has 1 rings (SSSR count). The Kier molecular flexibility index (Phi) is 8.08. The first kappa shape index (κ1) is 22.0. The summed E-state index contributed by atoms with van der Waals surface area (Å²) in [5.74, 6) is -1.27. The molecule has 0 aliphatic rings. The maximum Gasteiger partial charge on any atom is 0.329 e. The van der Waals surface area contributed by atoms with Gasteiger partial charge in [-0.1, -0.05) is 25.4 Å². The van der Waals surface area contributed by atoms with Crippen LogP contribution < -0.4 is 10.6 Å². The first-order valence-corrected chi connectivity index (χ1v) is 8.90. The van der Waals surface area contributed by atoms with Crippen molar-refractivity contribution >= 4 is 29.4 Å². The molecule has 0 saturated carbocycles. The second kappa shape index (κ2) is 9.57. The van der Waals surface area contributed by atoms with E-state index in [-0.39, 0.29) is 12.5 Å². The van der Waals surface area contributed by atoms with Crippen LogP contribution in [0.1, 0.15) is 51.4 Å². The van der Waals surface area contributed by atoms with Gasteiger partial charge in [-0.25, -0.2) is 4.79 Å². The van der Waals surface area contributed by atoms with Crippen molar-refractivity contribution in [3.63, 3.8) is 0 Å². The van der Waals surface area contributed by atoms with Crippen LogP contribution in [0, 0.1) is 5.92 Å². The molecule has 0 saturated heterocycles. The highest BCUT2D eigenvalue weighted by Gasteiger charge is 2.25. The van der Waals surface area contributed by atoms with Crippen LogP contribution in [0.3, 0.4) is 0 Å². The van der Waals surface area contributed by atoms with E-state index in [1.54, 1.807) is 24.3 Å². The van der Waals surface area contributed by atoms with E-state index in [0.29, 0.717) is 17.0 Å². The maximum absolute atomic E-state index is 12.3. The summed E-state index contributed by atoms with van der Waals surface area (Å²) in [6.07, 6.45) is 0.402. The lowest BCUT2D eigenvalue weighted by Crippen LogP contribution is -2.46. The van der Waals surface area contributed by atoms with Gasteiger partial charge < -0.3 is 15.4 Å². The zero-order valence-electron chi connectivity index (χ0n) is 15.9. The number of benzene rings is 1. The van der Waals surface area contributed by atoms with Gasteiger partial charge in [0, 0.05) is 16.1 Å². The van der Waals surface area contributed by atoms with E-state index in [2.05, 4.69) is 10.6 Å². The fourth-order valence-corrected chi connectivity index (χ4v) is 2.35. The van der Waals surface area contributed by atoms with E-state index in [0.717, 1.165) is 0 Å². The number of carbonyl (C=O) groups is 3. The Morgan fingerprint density at radius 1 is 1.12 bits per heavy atom. The highest BCUT2D eigenvalue weighted by Crippen LogP contribution is 2.11. The fourth-order valence-electron chi connectivity index (χ4n) is 2.22. The van der Waals surface area contributed by atoms with Gasteiger partial charge >= 0.3 is 5.97 Å². The highest BCUT2D eigenvalue weighted by molar-refractivity contribution is 6.30. The lowest BCUT2D eigenvalue weighted by molar-refractivity contribution is -0.151. The molecule has 0 unspecified atom stereocenters. The van der Waals surface area contributed by atoms with Gasteiger partial charge in [-0.15, -0.1) is 0 Å². The first-order chi connectivity index (χ1) is 12.0. The Hall–Kier alpha value is -2.08. The van der Waals surface area contributed by atoms with Crippen molar-refractivity contribution in [3.8, 4) is 0 Å². The summed E-state index contributed by atoms with van der Waals surface area (Å²) in [7, 11) is 0. The second-order valence-electron chi connectivity index (χ2n) is 7.57. The molecular formula is C19H27ClN2O4. The molecule has 0 radical (unpaired) electrons. The lowest BCUT2D eigenvalue weighted by Gasteiger charge is -2.22. The van der Waals surface area contributed by atoms with Crippen LogP contribution in [-0.4, -0.2) is 36.0 Å². The molecule has 0 bridgehead atoms. The number of nitrogens with one attached hydrogen (secondary N) is 2. The summed E-state index contributed by atoms with van der Waals surface area (Å²) >= 11 is 5.81. The topological polar surface area (TPSA) is 84.5 Å². The summed E-state index contributed by atoms with van der Waals surface area (Å²) in [6, 6.07) is 5.52. The van der Waals surface area contributed by atoms with Crippen LogP contribution in [0.15, 0.2) is 24.3 Å². The molecule has 1 aromatic carbocycles. The molecule has 7 heteroatoms. The molecule has 26 heavy (non-hydrogen) atoms. The number of halogens is 1. The third kappa shape index (κ3) is 8.34. The van der Waals surface area contributed by atoms with E-state index in [1.165, 1.54) is 0 Å². The molecule has 2 amide bonds. The highest BCUT2D eigenvalue weighted by atomic mass is 35.5. The smallest absolute Gasteiger partial charge is 0.329 e. The molecule has 0 aromatic heterocycles. The number of amides is 2. The Labute approximate surface area is 159 Å². The largest absolute Gasteiger partial charge is 0.454 e. The van der Waals surface area contributed by atoms with Gasteiger partial charge in [-0.3, -0.25) is 9.59 Å². The summed E-state index contributed by atoms with van der Waals surface area (Å²) in [6.45, 7) is 8.98. The molecule has 2 N–H and O–H groups in total. The summed E-state index contributed by atoms with van der Waals surface area (Å²) in [5, 5.41) is 5.90. The van der Waals surface area contributed by atoms with E-state index in [4.69, 9.17) is 16.3 Å². The summed E-state index contributed by atoms with van der Waals surface area (Å²) in [5.41, 5.74) is -0.0229. The number of hydrogen-bond donors (Lipinski definition) is 2. The number of ether oxygens (including phenoxy) is 1. The van der Waals surface area contributed by atoms with Crippen molar-refractivity contribution in [2.24, 2.45) is 5.92 Å². The molecular weight excluding hydrogens is 356 g/mol. The van der Waals surface area contributed by atoms with Crippen molar-refractivity contribution < 1.29 is 19.1 Å². The first-order valence-electron chi connectivity index (χ1n) is 8.52. The monoisotopic (exact) mass is 382 g/mol. The third-order valence-corrected chi connectivity index (χ3v) is 3.52. The van der Waals surface area contributed by atoms with E-state index < -0.39 is 29.4 Å². The average Bonchev–Trinajstić information content (AvgIpc) is 2.50. The third-order valence-electron chi connectivity index (χ3n) is 3.26. The number of rotatable bonds is 7. The van der Waals surface area contributed by atoms with Gasteiger partial charge in [0.2, 0.25) is 0 Å². The number of hydrogen-bond acceptors (Lipinski definition) is 4. The quantitative estimate of drug-likeness (QED) is 0.710. The fraction of sp³-hybridized carbons (Fsp3) is 0.526. The van der Waals surface area contributed by atoms with E-state index >= 15 is 0 Å². The van der Waals surface area contributed by atoms with Crippen LogP contribution in [0.5, 0.6) is 0 Å². The minimum Gasteiger partial charge on any atom is -0.454 e. The van der Waals surface area contributed by atoms with Gasteiger partial charge in [0.1, 0.15) is 6.04 Å². The van der Waals surface area contributed by atoms with Gasteiger partial charge in [0.15, 0.2) is 6.61 Å². The Bertz CT molecular complexity index is 636. The van der Waals surface area contributed by atoms with Crippen molar-refractivity contribution in [1.82, 2.24) is 10.6 Å². The minimum atomic E-state index is -0.833. The molecule has 6 nitrogen and oxygen atoms in total. The van der Waals surface area contributed by atoms with Crippen molar-refractivity contribution in [2.75, 3.05) is 6.61 Å². The normalized spacial score (nSPS) is 12.4. The molecule has 0 spiro atoms. The Morgan fingerprint density at radius 2 is 1.69 bits per heavy atom.